The fourth-order valence-electron chi connectivity index (χ4n) is 3.78. The van der Waals surface area contributed by atoms with Crippen molar-refractivity contribution in [2.45, 2.75) is 83.9 Å². The van der Waals surface area contributed by atoms with E-state index in [0.717, 1.165) is 37.8 Å². The Labute approximate surface area is 176 Å². The van der Waals surface area contributed by atoms with Crippen LogP contribution in [0.5, 0.6) is 0 Å². The molecule has 29 heavy (non-hydrogen) atoms. The van der Waals surface area contributed by atoms with Crippen LogP contribution >= 0.6 is 0 Å². The molecule has 1 rings (SSSR count). The first-order valence-electron chi connectivity index (χ1n) is 10.4. The molecule has 0 aromatic heterocycles. The van der Waals surface area contributed by atoms with Crippen molar-refractivity contribution in [1.82, 2.24) is 15.1 Å². The van der Waals surface area contributed by atoms with E-state index in [1.165, 1.54) is 15.1 Å². The number of ether oxygens (including phenoxy) is 1. The molecule has 1 saturated heterocycles. The normalized spacial score (nSPS) is 20.7. The zero-order valence-electron chi connectivity index (χ0n) is 18.9. The molecule has 0 aliphatic carbocycles. The van der Waals surface area contributed by atoms with Gasteiger partial charge in [-0.25, -0.2) is 11.7 Å². The summed E-state index contributed by atoms with van der Waals surface area (Å²) in [5, 5.41) is 14.8. The van der Waals surface area contributed by atoms with Gasteiger partial charge in [0.1, 0.15) is 0 Å². The van der Waals surface area contributed by atoms with E-state index in [1.807, 2.05) is 27.7 Å². The summed E-state index contributed by atoms with van der Waals surface area (Å²) in [5.74, 6) is 11.9. The third-order valence-corrected chi connectivity index (χ3v) is 5.19. The minimum absolute atomic E-state index is 0.0114. The average molecular weight is 414 g/mol. The van der Waals surface area contributed by atoms with Gasteiger partial charge in [-0.1, -0.05) is 13.3 Å². The zero-order chi connectivity index (χ0) is 22.2. The van der Waals surface area contributed by atoms with Gasteiger partial charge < -0.3 is 31.4 Å². The van der Waals surface area contributed by atoms with Gasteiger partial charge in [-0.2, -0.15) is 5.06 Å². The molecule has 0 aromatic carbocycles. The standard InChI is InChI=1S/C20H43N7O2/c1-6-7-8-16(21)13-25(23)9-10-26(24)14-17(22)15-29-18-11-19(2,3)27(28)20(4,5)12-18/h13-14,18,28H,6-12,15,21-24H2,1-5H3/b16-13-,17-14-. The van der Waals surface area contributed by atoms with E-state index in [4.69, 9.17) is 27.9 Å². The molecule has 9 heteroatoms. The van der Waals surface area contributed by atoms with Gasteiger partial charge in [0.05, 0.1) is 31.5 Å². The number of rotatable bonds is 11. The van der Waals surface area contributed by atoms with Crippen LogP contribution in [0.25, 0.3) is 0 Å². The molecule has 0 atom stereocenters. The van der Waals surface area contributed by atoms with E-state index >= 15 is 0 Å². The van der Waals surface area contributed by atoms with E-state index in [9.17, 15) is 5.21 Å². The largest absolute Gasteiger partial charge is 0.401 e. The molecular formula is C20H43N7O2. The van der Waals surface area contributed by atoms with Crippen LogP contribution in [0, 0.1) is 0 Å². The van der Waals surface area contributed by atoms with Crippen molar-refractivity contribution in [3.63, 3.8) is 0 Å². The van der Waals surface area contributed by atoms with Gasteiger partial charge in [-0.15, -0.1) is 0 Å². The molecular weight excluding hydrogens is 370 g/mol. The summed E-state index contributed by atoms with van der Waals surface area (Å²) in [5.41, 5.74) is 12.6. The van der Waals surface area contributed by atoms with E-state index in [2.05, 4.69) is 6.92 Å². The molecule has 0 radical (unpaired) electrons. The number of nitrogens with two attached hydrogens (primary N) is 4. The SMILES string of the molecule is CCCC/C(N)=C/N(N)CCN(N)/C=C(\N)COC1CC(C)(C)N(O)C(C)(C)C1. The number of unbranched alkanes of at least 4 members (excludes halogenated alkanes) is 1. The smallest absolute Gasteiger partial charge is 0.0879 e. The van der Waals surface area contributed by atoms with Crippen LogP contribution in [0.15, 0.2) is 23.8 Å². The second kappa shape index (κ2) is 11.0. The Morgan fingerprint density at radius 3 is 2.00 bits per heavy atom. The monoisotopic (exact) mass is 413 g/mol. The summed E-state index contributed by atoms with van der Waals surface area (Å²) < 4.78 is 6.01. The predicted molar refractivity (Wildman–Crippen MR) is 117 cm³/mol. The second-order valence-electron chi connectivity index (χ2n) is 9.27. The van der Waals surface area contributed by atoms with Gasteiger partial charge in [-0.05, 0) is 53.4 Å². The number of hydroxylamine groups is 2. The first kappa shape index (κ1) is 25.5. The number of nitrogens with zero attached hydrogens (tertiary/aromatic N) is 3. The zero-order valence-corrected chi connectivity index (χ0v) is 18.9. The third-order valence-electron chi connectivity index (χ3n) is 5.19. The highest BCUT2D eigenvalue weighted by Gasteiger charge is 2.45. The van der Waals surface area contributed by atoms with Crippen molar-refractivity contribution in [2.75, 3.05) is 19.7 Å². The number of hydrogen-bond donors (Lipinski definition) is 5. The van der Waals surface area contributed by atoms with Crippen molar-refractivity contribution in [3.8, 4) is 0 Å². The van der Waals surface area contributed by atoms with Gasteiger partial charge in [0.25, 0.3) is 0 Å². The van der Waals surface area contributed by atoms with Gasteiger partial charge >= 0.3 is 0 Å². The van der Waals surface area contributed by atoms with Gasteiger partial charge in [0.2, 0.25) is 0 Å². The molecule has 9 N–H and O–H groups in total. The Bertz CT molecular complexity index is 545. The van der Waals surface area contributed by atoms with E-state index in [-0.39, 0.29) is 23.8 Å². The molecule has 1 fully saturated rings. The maximum Gasteiger partial charge on any atom is 0.0879 e. The molecule has 0 aromatic rings. The second-order valence-corrected chi connectivity index (χ2v) is 9.27. The van der Waals surface area contributed by atoms with Crippen molar-refractivity contribution >= 4 is 0 Å². The first-order chi connectivity index (χ1) is 13.4. The molecule has 0 amide bonds. The van der Waals surface area contributed by atoms with Gasteiger partial charge in [-0.3, -0.25) is 0 Å². The first-order valence-corrected chi connectivity index (χ1v) is 10.4. The fourth-order valence-corrected chi connectivity index (χ4v) is 3.78. The molecule has 0 spiro atoms. The van der Waals surface area contributed by atoms with Gasteiger partial charge in [0.15, 0.2) is 0 Å². The van der Waals surface area contributed by atoms with Crippen LogP contribution < -0.4 is 23.2 Å². The summed E-state index contributed by atoms with van der Waals surface area (Å²) in [6, 6.07) is 0. The van der Waals surface area contributed by atoms with Crippen molar-refractivity contribution in [2.24, 2.45) is 23.2 Å². The predicted octanol–water partition coefficient (Wildman–Crippen LogP) is 1.56. The number of hydrazine groups is 2. The Hall–Kier alpha value is -1.52. The quantitative estimate of drug-likeness (QED) is 0.252. The highest BCUT2D eigenvalue weighted by Crippen LogP contribution is 2.37. The van der Waals surface area contributed by atoms with Crippen LogP contribution in [-0.4, -0.2) is 57.2 Å². The summed E-state index contributed by atoms with van der Waals surface area (Å²) in [6.45, 7) is 11.5. The topological polar surface area (TPSA) is 143 Å². The molecule has 1 aliphatic heterocycles. The number of hydrogen-bond acceptors (Lipinski definition) is 9. The highest BCUT2D eigenvalue weighted by molar-refractivity contribution is 5.00. The minimum atomic E-state index is -0.359. The van der Waals surface area contributed by atoms with Crippen LogP contribution in [0.4, 0.5) is 0 Å². The third kappa shape index (κ3) is 8.79. The lowest BCUT2D eigenvalue weighted by atomic mass is 9.80. The Morgan fingerprint density at radius 2 is 1.52 bits per heavy atom. The van der Waals surface area contributed by atoms with Crippen LogP contribution in [0.3, 0.4) is 0 Å². The Kier molecular flexibility index (Phi) is 9.70. The Balaban J connectivity index is 2.45. The molecule has 170 valence electrons. The fraction of sp³-hybridized carbons (Fsp3) is 0.800. The lowest BCUT2D eigenvalue weighted by Gasteiger charge is -2.51. The summed E-state index contributed by atoms with van der Waals surface area (Å²) in [4.78, 5) is 0. The number of allylic oxidation sites excluding steroid dienone is 1. The molecule has 0 bridgehead atoms. The number of piperidine rings is 1. The average Bonchev–Trinajstić information content (AvgIpc) is 2.60. The summed E-state index contributed by atoms with van der Waals surface area (Å²) in [7, 11) is 0. The summed E-state index contributed by atoms with van der Waals surface area (Å²) in [6.07, 6.45) is 7.84. The van der Waals surface area contributed by atoms with Crippen LogP contribution in [-0.2, 0) is 4.74 Å². The summed E-state index contributed by atoms with van der Waals surface area (Å²) >= 11 is 0. The lowest BCUT2D eigenvalue weighted by Crippen LogP contribution is -2.60. The Morgan fingerprint density at radius 1 is 1.03 bits per heavy atom. The van der Waals surface area contributed by atoms with Crippen LogP contribution in [0.2, 0.25) is 0 Å². The molecule has 1 heterocycles. The van der Waals surface area contributed by atoms with Crippen molar-refractivity contribution < 1.29 is 9.94 Å². The van der Waals surface area contributed by atoms with E-state index in [1.54, 1.807) is 12.4 Å². The molecule has 0 saturated carbocycles. The van der Waals surface area contributed by atoms with Crippen molar-refractivity contribution in [3.05, 3.63) is 23.8 Å². The lowest BCUT2D eigenvalue weighted by molar-refractivity contribution is -0.260. The molecule has 9 nitrogen and oxygen atoms in total. The maximum atomic E-state index is 10.4. The minimum Gasteiger partial charge on any atom is -0.401 e. The van der Waals surface area contributed by atoms with Crippen molar-refractivity contribution in [1.29, 1.82) is 0 Å². The molecule has 1 aliphatic rings. The molecule has 0 unspecified atom stereocenters. The highest BCUT2D eigenvalue weighted by atomic mass is 16.5. The van der Waals surface area contributed by atoms with E-state index in [0.29, 0.717) is 18.8 Å². The maximum absolute atomic E-state index is 10.4. The van der Waals surface area contributed by atoms with Crippen LogP contribution in [0.1, 0.15) is 66.7 Å². The van der Waals surface area contributed by atoms with Gasteiger partial charge in [0, 0.05) is 29.2 Å². The van der Waals surface area contributed by atoms with E-state index < -0.39 is 0 Å².